The average Bonchev–Trinajstić information content (AvgIpc) is 2.50. The fourth-order valence-electron chi connectivity index (χ4n) is 1.38. The quantitative estimate of drug-likeness (QED) is 0.632. The molecule has 0 spiro atoms. The first-order valence-corrected chi connectivity index (χ1v) is 3.72. The summed E-state index contributed by atoms with van der Waals surface area (Å²) in [5, 5.41) is 0. The molecule has 0 bridgehead atoms. The molecule has 0 unspecified atom stereocenters. The lowest BCUT2D eigenvalue weighted by molar-refractivity contribution is 1.05. The topological polar surface area (TPSA) is 38.4 Å². The van der Waals surface area contributed by atoms with Gasteiger partial charge in [0.2, 0.25) is 0 Å². The van der Waals surface area contributed by atoms with Crippen LogP contribution in [-0.2, 0) is 13.1 Å². The second-order valence-corrected chi connectivity index (χ2v) is 2.66. The lowest BCUT2D eigenvalue weighted by atomic mass is 10.0. The number of aliphatic imine (C=N–C) groups is 1. The Labute approximate surface area is 65.8 Å². The monoisotopic (exact) mass is 146 g/mol. The van der Waals surface area contributed by atoms with Gasteiger partial charge in [0.1, 0.15) is 0 Å². The molecular weight excluding hydrogens is 136 g/mol. The van der Waals surface area contributed by atoms with Crippen LogP contribution in [0.15, 0.2) is 23.2 Å². The van der Waals surface area contributed by atoms with E-state index < -0.39 is 0 Å². The van der Waals surface area contributed by atoms with E-state index in [1.807, 2.05) is 12.3 Å². The molecule has 1 aromatic carbocycles. The molecule has 1 aliphatic rings. The van der Waals surface area contributed by atoms with Gasteiger partial charge in [-0.25, -0.2) is 0 Å². The van der Waals surface area contributed by atoms with Crippen molar-refractivity contribution >= 4 is 6.21 Å². The predicted molar refractivity (Wildman–Crippen MR) is 45.6 cm³/mol. The minimum absolute atomic E-state index is 0.606. The normalized spacial score (nSPS) is 13.5. The highest BCUT2D eigenvalue weighted by atomic mass is 14.7. The Balaban J connectivity index is 2.57. The van der Waals surface area contributed by atoms with Crippen LogP contribution in [0.1, 0.15) is 16.7 Å². The van der Waals surface area contributed by atoms with Gasteiger partial charge in [-0.1, -0.05) is 18.2 Å². The number of fused-ring (bicyclic) bond motifs is 1. The van der Waals surface area contributed by atoms with Crippen molar-refractivity contribution in [2.75, 3.05) is 0 Å². The van der Waals surface area contributed by atoms with Crippen LogP contribution in [0.2, 0.25) is 0 Å². The molecule has 2 N–H and O–H groups in total. The lowest BCUT2D eigenvalue weighted by Gasteiger charge is -2.01. The minimum Gasteiger partial charge on any atom is -0.326 e. The Bertz CT molecular complexity index is 302. The highest BCUT2D eigenvalue weighted by Gasteiger charge is 2.08. The number of benzene rings is 1. The van der Waals surface area contributed by atoms with Crippen LogP contribution >= 0.6 is 0 Å². The molecule has 11 heavy (non-hydrogen) atoms. The summed E-state index contributed by atoms with van der Waals surface area (Å²) in [6, 6.07) is 6.19. The molecule has 2 rings (SSSR count). The molecule has 1 aliphatic heterocycles. The van der Waals surface area contributed by atoms with E-state index in [0.29, 0.717) is 6.54 Å². The molecule has 0 saturated carbocycles. The Morgan fingerprint density at radius 2 is 2.36 bits per heavy atom. The summed E-state index contributed by atoms with van der Waals surface area (Å²) in [5.41, 5.74) is 9.29. The maximum atomic E-state index is 5.56. The number of nitrogens with zero attached hydrogens (tertiary/aromatic N) is 1. The molecule has 0 aliphatic carbocycles. The summed E-state index contributed by atoms with van der Waals surface area (Å²) in [4.78, 5) is 4.18. The molecule has 1 heterocycles. The van der Waals surface area contributed by atoms with Gasteiger partial charge >= 0.3 is 0 Å². The minimum atomic E-state index is 0.606. The zero-order valence-corrected chi connectivity index (χ0v) is 6.25. The maximum Gasteiger partial charge on any atom is 0.0646 e. The van der Waals surface area contributed by atoms with Crippen molar-refractivity contribution in [1.82, 2.24) is 0 Å². The SMILES string of the molecule is NCc1cccc2c1C=NC2. The van der Waals surface area contributed by atoms with E-state index in [2.05, 4.69) is 17.1 Å². The van der Waals surface area contributed by atoms with Gasteiger partial charge in [-0.3, -0.25) is 4.99 Å². The van der Waals surface area contributed by atoms with Gasteiger partial charge < -0.3 is 5.73 Å². The van der Waals surface area contributed by atoms with Crippen LogP contribution in [0, 0.1) is 0 Å². The zero-order valence-electron chi connectivity index (χ0n) is 6.25. The van der Waals surface area contributed by atoms with Crippen LogP contribution < -0.4 is 5.73 Å². The second-order valence-electron chi connectivity index (χ2n) is 2.66. The number of rotatable bonds is 1. The standard InChI is InChI=1S/C9H10N2/c10-4-7-2-1-3-8-5-11-6-9(7)8/h1-3,6H,4-5,10H2. The summed E-state index contributed by atoms with van der Waals surface area (Å²) < 4.78 is 0. The highest BCUT2D eigenvalue weighted by Crippen LogP contribution is 2.17. The molecule has 1 aromatic rings. The molecule has 0 aromatic heterocycles. The fourth-order valence-corrected chi connectivity index (χ4v) is 1.38. The summed E-state index contributed by atoms with van der Waals surface area (Å²) in [6.45, 7) is 1.43. The molecule has 0 fully saturated rings. The van der Waals surface area contributed by atoms with E-state index in [-0.39, 0.29) is 0 Å². The molecule has 0 amide bonds. The number of hydrogen-bond donors (Lipinski definition) is 1. The van der Waals surface area contributed by atoms with Crippen molar-refractivity contribution in [3.63, 3.8) is 0 Å². The molecular formula is C9H10N2. The molecule has 0 radical (unpaired) electrons. The van der Waals surface area contributed by atoms with E-state index in [0.717, 1.165) is 6.54 Å². The average molecular weight is 146 g/mol. The number of nitrogens with two attached hydrogens (primary N) is 1. The third kappa shape index (κ3) is 0.955. The Hall–Kier alpha value is -1.15. The van der Waals surface area contributed by atoms with E-state index in [1.165, 1.54) is 16.7 Å². The van der Waals surface area contributed by atoms with Gasteiger partial charge in [-0.05, 0) is 11.1 Å². The third-order valence-electron chi connectivity index (χ3n) is 1.99. The Morgan fingerprint density at radius 3 is 3.18 bits per heavy atom. The van der Waals surface area contributed by atoms with E-state index in [1.54, 1.807) is 0 Å². The van der Waals surface area contributed by atoms with Crippen LogP contribution in [0.5, 0.6) is 0 Å². The van der Waals surface area contributed by atoms with E-state index >= 15 is 0 Å². The first-order valence-electron chi connectivity index (χ1n) is 3.72. The highest BCUT2D eigenvalue weighted by molar-refractivity contribution is 5.86. The van der Waals surface area contributed by atoms with Crippen molar-refractivity contribution in [2.24, 2.45) is 10.7 Å². The van der Waals surface area contributed by atoms with Gasteiger partial charge in [0.15, 0.2) is 0 Å². The largest absolute Gasteiger partial charge is 0.326 e. The van der Waals surface area contributed by atoms with Crippen LogP contribution in [0.3, 0.4) is 0 Å². The summed E-state index contributed by atoms with van der Waals surface area (Å²) in [7, 11) is 0. The molecule has 2 nitrogen and oxygen atoms in total. The van der Waals surface area contributed by atoms with Gasteiger partial charge in [0.25, 0.3) is 0 Å². The molecule has 56 valence electrons. The van der Waals surface area contributed by atoms with Gasteiger partial charge in [0.05, 0.1) is 6.54 Å². The lowest BCUT2D eigenvalue weighted by Crippen LogP contribution is -2.01. The van der Waals surface area contributed by atoms with Crippen molar-refractivity contribution in [3.05, 3.63) is 34.9 Å². The Kier molecular flexibility index (Phi) is 1.47. The summed E-state index contributed by atoms with van der Waals surface area (Å²) in [6.07, 6.45) is 1.91. The smallest absolute Gasteiger partial charge is 0.0646 e. The summed E-state index contributed by atoms with van der Waals surface area (Å²) >= 11 is 0. The van der Waals surface area contributed by atoms with E-state index in [9.17, 15) is 0 Å². The van der Waals surface area contributed by atoms with Gasteiger partial charge in [-0.2, -0.15) is 0 Å². The van der Waals surface area contributed by atoms with Crippen molar-refractivity contribution in [1.29, 1.82) is 0 Å². The van der Waals surface area contributed by atoms with Crippen molar-refractivity contribution in [2.45, 2.75) is 13.1 Å². The predicted octanol–water partition coefficient (Wildman–Crippen LogP) is 1.08. The van der Waals surface area contributed by atoms with Crippen molar-refractivity contribution < 1.29 is 0 Å². The number of hydrogen-bond acceptors (Lipinski definition) is 2. The van der Waals surface area contributed by atoms with Crippen LogP contribution in [0.4, 0.5) is 0 Å². The third-order valence-corrected chi connectivity index (χ3v) is 1.99. The van der Waals surface area contributed by atoms with Crippen LogP contribution in [-0.4, -0.2) is 6.21 Å². The zero-order chi connectivity index (χ0) is 7.68. The van der Waals surface area contributed by atoms with Gasteiger partial charge in [-0.15, -0.1) is 0 Å². The second kappa shape index (κ2) is 2.47. The van der Waals surface area contributed by atoms with Gasteiger partial charge in [0, 0.05) is 18.3 Å². The van der Waals surface area contributed by atoms with E-state index in [4.69, 9.17) is 5.73 Å². The first kappa shape index (κ1) is 6.55. The Morgan fingerprint density at radius 1 is 1.45 bits per heavy atom. The maximum absolute atomic E-state index is 5.56. The molecule has 0 atom stereocenters. The fraction of sp³-hybridized carbons (Fsp3) is 0.222. The van der Waals surface area contributed by atoms with Crippen molar-refractivity contribution in [3.8, 4) is 0 Å². The van der Waals surface area contributed by atoms with Crippen LogP contribution in [0.25, 0.3) is 0 Å². The molecule has 0 saturated heterocycles. The molecule has 2 heteroatoms. The summed E-state index contributed by atoms with van der Waals surface area (Å²) in [5.74, 6) is 0. The first-order chi connectivity index (χ1) is 5.42.